The Hall–Kier alpha value is -2.64. The fourth-order valence-electron chi connectivity index (χ4n) is 2.75. The van der Waals surface area contributed by atoms with Crippen LogP contribution in [0.1, 0.15) is 25.0 Å². The number of amides is 2. The number of nitrogens with one attached hydrogen (secondary N) is 1. The summed E-state index contributed by atoms with van der Waals surface area (Å²) < 4.78 is 6.17. The summed E-state index contributed by atoms with van der Waals surface area (Å²) in [5.74, 6) is 0.230. The van der Waals surface area contributed by atoms with Gasteiger partial charge in [-0.15, -0.1) is 0 Å². The molecule has 0 atom stereocenters. The third kappa shape index (κ3) is 5.46. The molecule has 0 aromatic heterocycles. The Labute approximate surface area is 180 Å². The number of ether oxygens (including phenoxy) is 1. The van der Waals surface area contributed by atoms with Crippen molar-refractivity contribution >= 4 is 51.9 Å². The molecule has 3 rings (SSSR count). The lowest BCUT2D eigenvalue weighted by Crippen LogP contribution is -2.34. The molecule has 2 amide bonds. The van der Waals surface area contributed by atoms with Crippen LogP contribution in [0.4, 0.5) is 5.69 Å². The number of benzene rings is 2. The smallest absolute Gasteiger partial charge is 0.266 e. The molecule has 2 aromatic carbocycles. The summed E-state index contributed by atoms with van der Waals surface area (Å²) in [5.41, 5.74) is 2.66. The van der Waals surface area contributed by atoms with Gasteiger partial charge in [0.05, 0.1) is 4.91 Å². The van der Waals surface area contributed by atoms with Crippen molar-refractivity contribution in [3.05, 3.63) is 64.6 Å². The third-order valence-electron chi connectivity index (χ3n) is 4.20. The number of hydrogen-bond donors (Lipinski definition) is 1. The first kappa shape index (κ1) is 21.1. The predicted octanol–water partition coefficient (Wildman–Crippen LogP) is 4.62. The molecule has 0 unspecified atom stereocenters. The molecular weight excluding hydrogens is 404 g/mol. The van der Waals surface area contributed by atoms with Gasteiger partial charge in [0.1, 0.15) is 10.1 Å². The van der Waals surface area contributed by atoms with Crippen LogP contribution in [0.3, 0.4) is 0 Å². The summed E-state index contributed by atoms with van der Waals surface area (Å²) in [6, 6.07) is 14.8. The van der Waals surface area contributed by atoms with E-state index in [9.17, 15) is 9.59 Å². The van der Waals surface area contributed by atoms with E-state index in [-0.39, 0.29) is 24.5 Å². The van der Waals surface area contributed by atoms with E-state index in [1.165, 1.54) is 11.8 Å². The quantitative estimate of drug-likeness (QED) is 0.539. The molecule has 0 aliphatic carbocycles. The molecule has 1 aliphatic rings. The monoisotopic (exact) mass is 426 g/mol. The van der Waals surface area contributed by atoms with E-state index in [0.717, 1.165) is 16.8 Å². The molecule has 0 bridgehead atoms. The van der Waals surface area contributed by atoms with Crippen molar-refractivity contribution in [1.82, 2.24) is 4.90 Å². The van der Waals surface area contributed by atoms with E-state index < -0.39 is 0 Å². The molecule has 150 valence electrons. The average molecular weight is 427 g/mol. The molecule has 0 radical (unpaired) electrons. The maximum Gasteiger partial charge on any atom is 0.266 e. The number of anilines is 1. The number of aryl methyl sites for hydroxylation is 1. The average Bonchev–Trinajstić information content (AvgIpc) is 2.95. The minimum atomic E-state index is -0.239. The minimum absolute atomic E-state index is 0.0232. The Morgan fingerprint density at radius 2 is 1.97 bits per heavy atom. The highest BCUT2D eigenvalue weighted by Crippen LogP contribution is 2.34. The van der Waals surface area contributed by atoms with Gasteiger partial charge in [-0.1, -0.05) is 53.8 Å². The van der Waals surface area contributed by atoms with E-state index >= 15 is 0 Å². The van der Waals surface area contributed by atoms with Gasteiger partial charge in [-0.3, -0.25) is 14.5 Å². The highest BCUT2D eigenvalue weighted by atomic mass is 32.2. The lowest BCUT2D eigenvalue weighted by molar-refractivity contribution is -0.123. The van der Waals surface area contributed by atoms with Crippen LogP contribution in [0, 0.1) is 6.92 Å². The van der Waals surface area contributed by atoms with Gasteiger partial charge < -0.3 is 10.1 Å². The first-order valence-corrected chi connectivity index (χ1v) is 10.4. The van der Waals surface area contributed by atoms with Gasteiger partial charge in [-0.05, 0) is 56.7 Å². The normalized spacial score (nSPS) is 15.3. The highest BCUT2D eigenvalue weighted by Gasteiger charge is 2.33. The van der Waals surface area contributed by atoms with Crippen molar-refractivity contribution in [3.63, 3.8) is 0 Å². The van der Waals surface area contributed by atoms with E-state index in [4.69, 9.17) is 17.0 Å². The fourth-order valence-corrected chi connectivity index (χ4v) is 4.28. The van der Waals surface area contributed by atoms with E-state index in [2.05, 4.69) is 5.32 Å². The largest absolute Gasteiger partial charge is 0.484 e. The van der Waals surface area contributed by atoms with Gasteiger partial charge in [0.15, 0.2) is 6.61 Å². The Kier molecular flexibility index (Phi) is 6.71. The van der Waals surface area contributed by atoms with Gasteiger partial charge in [0.2, 0.25) is 0 Å². The van der Waals surface area contributed by atoms with Crippen LogP contribution < -0.4 is 10.1 Å². The highest BCUT2D eigenvalue weighted by molar-refractivity contribution is 8.26. The number of carbonyl (C=O) groups excluding carboxylic acids is 2. The van der Waals surface area contributed by atoms with Crippen LogP contribution in [0.2, 0.25) is 0 Å². The maximum atomic E-state index is 12.5. The first-order valence-electron chi connectivity index (χ1n) is 9.20. The lowest BCUT2D eigenvalue weighted by atomic mass is 10.2. The Morgan fingerprint density at radius 1 is 1.24 bits per heavy atom. The lowest BCUT2D eigenvalue weighted by Gasteiger charge is -2.18. The second-order valence-electron chi connectivity index (χ2n) is 6.92. The van der Waals surface area contributed by atoms with E-state index in [0.29, 0.717) is 15.0 Å². The zero-order chi connectivity index (χ0) is 21.0. The summed E-state index contributed by atoms with van der Waals surface area (Å²) in [7, 11) is 0. The van der Waals surface area contributed by atoms with Gasteiger partial charge in [-0.2, -0.15) is 0 Å². The second kappa shape index (κ2) is 9.24. The molecule has 1 fully saturated rings. The van der Waals surface area contributed by atoms with Crippen LogP contribution in [0.15, 0.2) is 53.4 Å². The van der Waals surface area contributed by atoms with Crippen LogP contribution >= 0.6 is 24.0 Å². The Bertz CT molecular complexity index is 968. The molecule has 7 heteroatoms. The topological polar surface area (TPSA) is 58.6 Å². The Balaban J connectivity index is 1.62. The van der Waals surface area contributed by atoms with Crippen molar-refractivity contribution in [3.8, 4) is 5.75 Å². The van der Waals surface area contributed by atoms with Crippen LogP contribution in [0.25, 0.3) is 6.08 Å². The van der Waals surface area contributed by atoms with E-state index in [1.807, 2.05) is 57.2 Å². The van der Waals surface area contributed by atoms with Gasteiger partial charge in [0, 0.05) is 11.7 Å². The minimum Gasteiger partial charge on any atom is -0.484 e. The zero-order valence-corrected chi connectivity index (χ0v) is 18.1. The van der Waals surface area contributed by atoms with Gasteiger partial charge >= 0.3 is 0 Å². The van der Waals surface area contributed by atoms with Crippen molar-refractivity contribution in [2.24, 2.45) is 0 Å². The van der Waals surface area contributed by atoms with Crippen molar-refractivity contribution in [2.75, 3.05) is 11.9 Å². The number of rotatable bonds is 6. The number of nitrogens with zero attached hydrogens (tertiary/aromatic N) is 1. The number of thioether (sulfide) groups is 1. The molecule has 0 spiro atoms. The number of carbonyl (C=O) groups is 2. The zero-order valence-electron chi connectivity index (χ0n) is 16.5. The predicted molar refractivity (Wildman–Crippen MR) is 122 cm³/mol. The summed E-state index contributed by atoms with van der Waals surface area (Å²) in [5, 5.41) is 2.80. The van der Waals surface area contributed by atoms with Crippen molar-refractivity contribution in [1.29, 1.82) is 0 Å². The summed E-state index contributed by atoms with van der Waals surface area (Å²) in [6.07, 6.45) is 1.79. The molecule has 0 saturated carbocycles. The van der Waals surface area contributed by atoms with Crippen molar-refractivity contribution in [2.45, 2.75) is 26.8 Å². The van der Waals surface area contributed by atoms with Crippen LogP contribution in [-0.4, -0.2) is 33.7 Å². The second-order valence-corrected chi connectivity index (χ2v) is 8.60. The molecule has 1 N–H and O–H groups in total. The van der Waals surface area contributed by atoms with Crippen molar-refractivity contribution < 1.29 is 14.3 Å². The summed E-state index contributed by atoms with van der Waals surface area (Å²) >= 11 is 6.60. The maximum absolute atomic E-state index is 12.5. The SMILES string of the molecule is Cc1ccc(NC(=O)COc2cccc(/C=C3\SC(=S)N(C(C)C)C3=O)c2)cc1. The molecule has 29 heavy (non-hydrogen) atoms. The molecule has 5 nitrogen and oxygen atoms in total. The molecule has 2 aromatic rings. The van der Waals surface area contributed by atoms with Gasteiger partial charge in [-0.25, -0.2) is 0 Å². The molecular formula is C22H22N2O3S2. The van der Waals surface area contributed by atoms with E-state index in [1.54, 1.807) is 23.1 Å². The molecule has 1 heterocycles. The van der Waals surface area contributed by atoms with Crippen LogP contribution in [-0.2, 0) is 9.59 Å². The Morgan fingerprint density at radius 3 is 2.62 bits per heavy atom. The van der Waals surface area contributed by atoms with Crippen LogP contribution in [0.5, 0.6) is 5.75 Å². The summed E-state index contributed by atoms with van der Waals surface area (Å²) in [4.78, 5) is 26.8. The first-order chi connectivity index (χ1) is 13.8. The number of hydrogen-bond acceptors (Lipinski definition) is 5. The third-order valence-corrected chi connectivity index (χ3v) is 5.53. The van der Waals surface area contributed by atoms with Gasteiger partial charge in [0.25, 0.3) is 11.8 Å². The molecule has 1 aliphatic heterocycles. The fraction of sp³-hybridized carbons (Fsp3) is 0.227. The standard InChI is InChI=1S/C22H22N2O3S2/c1-14(2)24-21(26)19(29-22(24)28)12-16-5-4-6-18(11-16)27-13-20(25)23-17-9-7-15(3)8-10-17/h4-12,14H,13H2,1-3H3,(H,23,25)/b19-12-. The molecule has 1 saturated heterocycles. The summed E-state index contributed by atoms with van der Waals surface area (Å²) in [6.45, 7) is 5.75. The number of thiocarbonyl (C=S) groups is 1.